The van der Waals surface area contributed by atoms with Gasteiger partial charge in [-0.05, 0) is 32.6 Å². The third-order valence-electron chi connectivity index (χ3n) is 1.74. The van der Waals surface area contributed by atoms with Crippen molar-refractivity contribution < 1.29 is 4.43 Å². The molecule has 0 spiro atoms. The summed E-state index contributed by atoms with van der Waals surface area (Å²) >= 11 is 0. The Morgan fingerprint density at radius 3 is 2.14 bits per heavy atom. The summed E-state index contributed by atoms with van der Waals surface area (Å²) in [5.41, 5.74) is 1.16. The Hall–Kier alpha value is -1.02. The van der Waals surface area contributed by atoms with E-state index in [-0.39, 0.29) is 0 Å². The summed E-state index contributed by atoms with van der Waals surface area (Å²) in [7, 11) is -1.49. The first-order valence-corrected chi connectivity index (χ1v) is 8.34. The lowest BCUT2D eigenvalue weighted by molar-refractivity contribution is 0.513. The summed E-state index contributed by atoms with van der Waals surface area (Å²) < 4.78 is 5.97. The van der Waals surface area contributed by atoms with Gasteiger partial charge in [0.1, 0.15) is 5.76 Å². The first-order chi connectivity index (χ1) is 6.53. The van der Waals surface area contributed by atoms with E-state index in [9.17, 15) is 0 Å². The first kappa shape index (κ1) is 11.1. The van der Waals surface area contributed by atoms with E-state index >= 15 is 0 Å². The van der Waals surface area contributed by atoms with Crippen LogP contribution in [0.4, 0.5) is 0 Å². The summed E-state index contributed by atoms with van der Waals surface area (Å²) in [4.78, 5) is 0. The normalized spacial score (nSPS) is 12.7. The highest BCUT2D eigenvalue weighted by Gasteiger charge is 2.17. The quantitative estimate of drug-likeness (QED) is 0.538. The molecule has 0 unspecified atom stereocenters. The monoisotopic (exact) mass is 206 g/mol. The highest BCUT2D eigenvalue weighted by Crippen LogP contribution is 2.20. The molecule has 0 atom stereocenters. The van der Waals surface area contributed by atoms with Crippen molar-refractivity contribution in [1.82, 2.24) is 0 Å². The van der Waals surface area contributed by atoms with Crippen LogP contribution in [0.2, 0.25) is 19.6 Å². The molecule has 14 heavy (non-hydrogen) atoms. The number of hydrogen-bond donors (Lipinski definition) is 0. The summed E-state index contributed by atoms with van der Waals surface area (Å²) in [6.45, 7) is 8.60. The zero-order valence-electron chi connectivity index (χ0n) is 9.37. The largest absolute Gasteiger partial charge is 0.544 e. The molecule has 1 aromatic rings. The molecule has 0 aliphatic heterocycles. The van der Waals surface area contributed by atoms with Crippen LogP contribution >= 0.6 is 0 Å². The fourth-order valence-corrected chi connectivity index (χ4v) is 2.11. The van der Waals surface area contributed by atoms with Crippen molar-refractivity contribution in [2.24, 2.45) is 0 Å². The number of rotatable bonds is 3. The van der Waals surface area contributed by atoms with Gasteiger partial charge in [-0.15, -0.1) is 0 Å². The van der Waals surface area contributed by atoms with Crippen molar-refractivity contribution in [3.63, 3.8) is 0 Å². The predicted molar refractivity (Wildman–Crippen MR) is 64.5 cm³/mol. The fraction of sp³-hybridized carbons (Fsp3) is 0.333. The molecule has 0 N–H and O–H groups in total. The van der Waals surface area contributed by atoms with Gasteiger partial charge in [0.05, 0.1) is 0 Å². The van der Waals surface area contributed by atoms with Crippen LogP contribution in [0.25, 0.3) is 5.76 Å². The molecule has 2 heteroatoms. The average molecular weight is 206 g/mol. The van der Waals surface area contributed by atoms with Gasteiger partial charge in [-0.2, -0.15) is 0 Å². The summed E-state index contributed by atoms with van der Waals surface area (Å²) in [6, 6.07) is 10.2. The van der Waals surface area contributed by atoms with Crippen LogP contribution in [-0.2, 0) is 4.43 Å². The van der Waals surface area contributed by atoms with Crippen molar-refractivity contribution >= 4 is 14.1 Å². The Morgan fingerprint density at radius 2 is 1.71 bits per heavy atom. The SMILES string of the molecule is CC=C(O[Si](C)(C)C)c1ccccc1. The highest BCUT2D eigenvalue weighted by atomic mass is 28.4. The van der Waals surface area contributed by atoms with Crippen LogP contribution in [0.15, 0.2) is 36.4 Å². The lowest BCUT2D eigenvalue weighted by Crippen LogP contribution is -2.24. The maximum Gasteiger partial charge on any atom is 0.242 e. The van der Waals surface area contributed by atoms with Crippen LogP contribution < -0.4 is 0 Å². The molecule has 1 aromatic carbocycles. The first-order valence-electron chi connectivity index (χ1n) is 4.93. The van der Waals surface area contributed by atoms with Gasteiger partial charge in [0, 0.05) is 5.56 Å². The molecule has 0 radical (unpaired) electrons. The Balaban J connectivity index is 2.85. The standard InChI is InChI=1S/C12H18OSi/c1-5-12(13-14(2,3)4)11-9-7-6-8-10-11/h5-10H,1-4H3. The van der Waals surface area contributed by atoms with Crippen molar-refractivity contribution in [2.45, 2.75) is 26.6 Å². The second kappa shape index (κ2) is 4.47. The predicted octanol–water partition coefficient (Wildman–Crippen LogP) is 3.90. The molecule has 0 amide bonds. The Kier molecular flexibility index (Phi) is 3.53. The lowest BCUT2D eigenvalue weighted by Gasteiger charge is -2.21. The van der Waals surface area contributed by atoms with Gasteiger partial charge < -0.3 is 4.43 Å². The molecule has 0 aliphatic rings. The number of benzene rings is 1. The van der Waals surface area contributed by atoms with E-state index in [0.717, 1.165) is 11.3 Å². The summed E-state index contributed by atoms with van der Waals surface area (Å²) in [6.07, 6.45) is 2.04. The van der Waals surface area contributed by atoms with Gasteiger partial charge in [0.15, 0.2) is 0 Å². The minimum absolute atomic E-state index is 1.00. The van der Waals surface area contributed by atoms with Crippen molar-refractivity contribution in [2.75, 3.05) is 0 Å². The van der Waals surface area contributed by atoms with E-state index in [2.05, 4.69) is 31.8 Å². The molecular weight excluding hydrogens is 188 g/mol. The zero-order valence-corrected chi connectivity index (χ0v) is 10.4. The van der Waals surface area contributed by atoms with Crippen LogP contribution in [-0.4, -0.2) is 8.32 Å². The van der Waals surface area contributed by atoms with E-state index in [1.54, 1.807) is 0 Å². The third kappa shape index (κ3) is 3.38. The third-order valence-corrected chi connectivity index (χ3v) is 2.57. The maximum atomic E-state index is 5.97. The van der Waals surface area contributed by atoms with Gasteiger partial charge in [-0.1, -0.05) is 30.3 Å². The molecule has 0 fully saturated rings. The van der Waals surface area contributed by atoms with E-state index in [4.69, 9.17) is 4.43 Å². The van der Waals surface area contributed by atoms with E-state index in [1.807, 2.05) is 31.2 Å². The molecule has 1 nitrogen and oxygen atoms in total. The van der Waals surface area contributed by atoms with Crippen LogP contribution in [0.3, 0.4) is 0 Å². The van der Waals surface area contributed by atoms with Crippen LogP contribution in [0, 0.1) is 0 Å². The van der Waals surface area contributed by atoms with Gasteiger partial charge in [-0.25, -0.2) is 0 Å². The number of hydrogen-bond acceptors (Lipinski definition) is 1. The highest BCUT2D eigenvalue weighted by molar-refractivity contribution is 6.70. The number of allylic oxidation sites excluding steroid dienone is 1. The minimum atomic E-state index is -1.49. The topological polar surface area (TPSA) is 9.23 Å². The van der Waals surface area contributed by atoms with Gasteiger partial charge >= 0.3 is 0 Å². The fourth-order valence-electron chi connectivity index (χ4n) is 1.22. The van der Waals surface area contributed by atoms with E-state index in [0.29, 0.717) is 0 Å². The van der Waals surface area contributed by atoms with E-state index < -0.39 is 8.32 Å². The lowest BCUT2D eigenvalue weighted by atomic mass is 10.2. The summed E-state index contributed by atoms with van der Waals surface area (Å²) in [5.74, 6) is 1.00. The molecule has 0 aromatic heterocycles. The molecule has 0 saturated carbocycles. The summed E-state index contributed by atoms with van der Waals surface area (Å²) in [5, 5.41) is 0. The van der Waals surface area contributed by atoms with Crippen molar-refractivity contribution in [3.05, 3.63) is 42.0 Å². The maximum absolute atomic E-state index is 5.97. The van der Waals surface area contributed by atoms with Crippen LogP contribution in [0.1, 0.15) is 12.5 Å². The van der Waals surface area contributed by atoms with Gasteiger partial charge in [0.25, 0.3) is 0 Å². The van der Waals surface area contributed by atoms with Crippen molar-refractivity contribution in [3.8, 4) is 0 Å². The molecule has 1 rings (SSSR count). The van der Waals surface area contributed by atoms with Crippen LogP contribution in [0.5, 0.6) is 0 Å². The second-order valence-corrected chi connectivity index (χ2v) is 8.66. The van der Waals surface area contributed by atoms with E-state index in [1.165, 1.54) is 0 Å². The van der Waals surface area contributed by atoms with Crippen molar-refractivity contribution in [1.29, 1.82) is 0 Å². The molecular formula is C12H18OSi. The van der Waals surface area contributed by atoms with Gasteiger partial charge in [0.2, 0.25) is 8.32 Å². The zero-order chi connectivity index (χ0) is 10.6. The molecule has 0 saturated heterocycles. The molecule has 76 valence electrons. The van der Waals surface area contributed by atoms with Gasteiger partial charge in [-0.3, -0.25) is 0 Å². The Bertz CT molecular complexity index is 309. The smallest absolute Gasteiger partial charge is 0.242 e. The Morgan fingerprint density at radius 1 is 1.14 bits per heavy atom. The minimum Gasteiger partial charge on any atom is -0.544 e. The second-order valence-electron chi connectivity index (χ2n) is 4.23. The molecule has 0 heterocycles. The average Bonchev–Trinajstić information content (AvgIpc) is 2.14. The molecule has 0 bridgehead atoms. The Labute approximate surface area is 87.5 Å². The molecule has 0 aliphatic carbocycles.